The van der Waals surface area contributed by atoms with Gasteiger partial charge in [0.15, 0.2) is 5.69 Å². The van der Waals surface area contributed by atoms with Crippen LogP contribution in [0.5, 0.6) is 11.5 Å². The van der Waals surface area contributed by atoms with Crippen molar-refractivity contribution in [1.82, 2.24) is 4.57 Å². The van der Waals surface area contributed by atoms with E-state index in [-0.39, 0.29) is 17.8 Å². The number of methoxy groups -OCH3 is 1. The molecule has 5 heteroatoms. The molecule has 35 heavy (non-hydrogen) atoms. The molecule has 0 unspecified atom stereocenters. The van der Waals surface area contributed by atoms with Crippen molar-refractivity contribution in [2.75, 3.05) is 7.11 Å². The minimum absolute atomic E-state index is 0.135. The number of nitriles is 1. The summed E-state index contributed by atoms with van der Waals surface area (Å²) < 4.78 is 12.8. The number of aromatic nitrogens is 1. The third-order valence-electron chi connectivity index (χ3n) is 6.53. The van der Waals surface area contributed by atoms with Crippen LogP contribution in [0.3, 0.4) is 0 Å². The number of pyridine rings is 1. The molecule has 0 saturated carbocycles. The molecule has 0 saturated heterocycles. The SMILES string of the molecule is CCCCCCCCCCCCCCCCn1ccc(=O)c(OCc2ccc(OC)cc2)c1C#N. The molecule has 0 aliphatic heterocycles. The van der Waals surface area contributed by atoms with Gasteiger partial charge in [0.2, 0.25) is 11.2 Å². The molecular weight excluding hydrogens is 436 g/mol. The van der Waals surface area contributed by atoms with Gasteiger partial charge in [-0.05, 0) is 24.1 Å². The number of benzene rings is 1. The fourth-order valence-corrected chi connectivity index (χ4v) is 4.35. The van der Waals surface area contributed by atoms with Crippen LogP contribution in [0.4, 0.5) is 0 Å². The molecule has 0 radical (unpaired) electrons. The van der Waals surface area contributed by atoms with E-state index < -0.39 is 0 Å². The molecule has 0 spiro atoms. The summed E-state index contributed by atoms with van der Waals surface area (Å²) in [6, 6.07) is 11.2. The first kappa shape index (κ1) is 28.5. The van der Waals surface area contributed by atoms with Crippen molar-refractivity contribution in [3.63, 3.8) is 0 Å². The van der Waals surface area contributed by atoms with E-state index in [1.807, 2.05) is 28.8 Å². The summed E-state index contributed by atoms with van der Waals surface area (Å²) in [6.07, 6.45) is 20.1. The molecule has 0 atom stereocenters. The van der Waals surface area contributed by atoms with Gasteiger partial charge in [0.25, 0.3) is 0 Å². The third kappa shape index (κ3) is 11.0. The van der Waals surface area contributed by atoms with Gasteiger partial charge in [-0.15, -0.1) is 0 Å². The van der Waals surface area contributed by atoms with Crippen LogP contribution in [0.1, 0.15) is 108 Å². The first-order valence-electron chi connectivity index (χ1n) is 13.6. The molecule has 0 amide bonds. The summed E-state index contributed by atoms with van der Waals surface area (Å²) in [5.74, 6) is 0.901. The first-order chi connectivity index (χ1) is 17.2. The maximum Gasteiger partial charge on any atom is 0.224 e. The second-order valence-electron chi connectivity index (χ2n) is 9.40. The number of hydrogen-bond donors (Lipinski definition) is 0. The molecule has 5 nitrogen and oxygen atoms in total. The van der Waals surface area contributed by atoms with Crippen molar-refractivity contribution < 1.29 is 9.47 Å². The van der Waals surface area contributed by atoms with E-state index in [4.69, 9.17) is 9.47 Å². The minimum Gasteiger partial charge on any atom is -0.497 e. The monoisotopic (exact) mass is 480 g/mol. The first-order valence-corrected chi connectivity index (χ1v) is 13.6. The van der Waals surface area contributed by atoms with Gasteiger partial charge >= 0.3 is 0 Å². The maximum absolute atomic E-state index is 12.4. The molecule has 0 aliphatic rings. The van der Waals surface area contributed by atoms with Crippen LogP contribution < -0.4 is 14.9 Å². The van der Waals surface area contributed by atoms with Crippen molar-refractivity contribution in [1.29, 1.82) is 5.26 Å². The second-order valence-corrected chi connectivity index (χ2v) is 9.40. The molecule has 1 heterocycles. The molecule has 1 aromatic carbocycles. The average molecular weight is 481 g/mol. The van der Waals surface area contributed by atoms with E-state index in [0.29, 0.717) is 5.69 Å². The van der Waals surface area contributed by atoms with E-state index in [0.717, 1.165) is 30.7 Å². The summed E-state index contributed by atoms with van der Waals surface area (Å²) in [6.45, 7) is 3.22. The lowest BCUT2D eigenvalue weighted by Crippen LogP contribution is -2.15. The Bertz CT molecular complexity index is 928. The van der Waals surface area contributed by atoms with Crippen molar-refractivity contribution in [2.45, 2.75) is 110 Å². The van der Waals surface area contributed by atoms with Crippen molar-refractivity contribution in [2.24, 2.45) is 0 Å². The average Bonchev–Trinajstić information content (AvgIpc) is 2.88. The Balaban J connectivity index is 1.66. The molecule has 0 N–H and O–H groups in total. The smallest absolute Gasteiger partial charge is 0.224 e. The predicted octanol–water partition coefficient (Wildman–Crippen LogP) is 7.79. The summed E-state index contributed by atoms with van der Waals surface area (Å²) in [5, 5.41) is 9.70. The zero-order chi connectivity index (χ0) is 25.1. The van der Waals surface area contributed by atoms with Crippen LogP contribution in [0.2, 0.25) is 0 Å². The van der Waals surface area contributed by atoms with Crippen LogP contribution in [-0.4, -0.2) is 11.7 Å². The highest BCUT2D eigenvalue weighted by atomic mass is 16.5. The van der Waals surface area contributed by atoms with Crippen molar-refractivity contribution >= 4 is 0 Å². The van der Waals surface area contributed by atoms with Gasteiger partial charge in [0, 0.05) is 18.8 Å². The van der Waals surface area contributed by atoms with Gasteiger partial charge in [-0.1, -0.05) is 103 Å². The molecule has 0 bridgehead atoms. The van der Waals surface area contributed by atoms with Crippen LogP contribution in [0.15, 0.2) is 41.3 Å². The number of rotatable bonds is 19. The minimum atomic E-state index is -0.257. The van der Waals surface area contributed by atoms with Gasteiger partial charge in [-0.3, -0.25) is 4.79 Å². The van der Waals surface area contributed by atoms with Crippen molar-refractivity contribution in [3.05, 3.63) is 58.0 Å². The normalized spacial score (nSPS) is 10.8. The highest BCUT2D eigenvalue weighted by molar-refractivity contribution is 5.38. The molecule has 2 rings (SSSR count). The molecule has 0 fully saturated rings. The van der Waals surface area contributed by atoms with E-state index in [2.05, 4.69) is 13.0 Å². The quantitative estimate of drug-likeness (QED) is 0.192. The van der Waals surface area contributed by atoms with E-state index in [1.165, 1.54) is 83.1 Å². The van der Waals surface area contributed by atoms with Crippen molar-refractivity contribution in [3.8, 4) is 17.6 Å². The Morgan fingerprint density at radius 3 is 1.86 bits per heavy atom. The van der Waals surface area contributed by atoms with E-state index >= 15 is 0 Å². The highest BCUT2D eigenvalue weighted by Crippen LogP contribution is 2.18. The summed E-state index contributed by atoms with van der Waals surface area (Å²) in [5.41, 5.74) is 0.962. The Morgan fingerprint density at radius 2 is 1.34 bits per heavy atom. The van der Waals surface area contributed by atoms with Gasteiger partial charge in [0.1, 0.15) is 18.4 Å². The lowest BCUT2D eigenvalue weighted by molar-refractivity contribution is 0.298. The fourth-order valence-electron chi connectivity index (χ4n) is 4.35. The third-order valence-corrected chi connectivity index (χ3v) is 6.53. The molecule has 2 aromatic rings. The highest BCUT2D eigenvalue weighted by Gasteiger charge is 2.13. The summed E-state index contributed by atoms with van der Waals surface area (Å²) >= 11 is 0. The summed E-state index contributed by atoms with van der Waals surface area (Å²) in [7, 11) is 1.62. The second kappa shape index (κ2) is 17.7. The number of nitrogens with zero attached hydrogens (tertiary/aromatic N) is 2. The number of hydrogen-bond acceptors (Lipinski definition) is 4. The van der Waals surface area contributed by atoms with Crippen LogP contribution >= 0.6 is 0 Å². The molecule has 1 aromatic heterocycles. The number of aryl methyl sites for hydroxylation is 1. The van der Waals surface area contributed by atoms with E-state index in [1.54, 1.807) is 13.3 Å². The van der Waals surface area contributed by atoms with E-state index in [9.17, 15) is 10.1 Å². The Hall–Kier alpha value is -2.74. The number of ether oxygens (including phenoxy) is 2. The Labute approximate surface area is 212 Å². The van der Waals surface area contributed by atoms with Crippen LogP contribution in [0.25, 0.3) is 0 Å². The van der Waals surface area contributed by atoms with Gasteiger partial charge in [-0.25, -0.2) is 0 Å². The molecule has 192 valence electrons. The zero-order valence-corrected chi connectivity index (χ0v) is 21.9. The Kier molecular flexibility index (Phi) is 14.4. The van der Waals surface area contributed by atoms with Crippen LogP contribution in [0, 0.1) is 11.3 Å². The predicted molar refractivity (Wildman–Crippen MR) is 143 cm³/mol. The summed E-state index contributed by atoms with van der Waals surface area (Å²) in [4.78, 5) is 12.4. The number of unbranched alkanes of at least 4 members (excludes halogenated alkanes) is 13. The van der Waals surface area contributed by atoms with Crippen LogP contribution in [-0.2, 0) is 13.2 Å². The zero-order valence-electron chi connectivity index (χ0n) is 21.9. The van der Waals surface area contributed by atoms with Gasteiger partial charge in [-0.2, -0.15) is 5.26 Å². The topological polar surface area (TPSA) is 64.2 Å². The largest absolute Gasteiger partial charge is 0.497 e. The molecular formula is C30H44N2O3. The van der Waals surface area contributed by atoms with Gasteiger partial charge in [0.05, 0.1) is 7.11 Å². The lowest BCUT2D eigenvalue weighted by atomic mass is 10.0. The molecule has 0 aliphatic carbocycles. The maximum atomic E-state index is 12.4. The Morgan fingerprint density at radius 1 is 0.800 bits per heavy atom. The van der Waals surface area contributed by atoms with Gasteiger partial charge < -0.3 is 14.0 Å². The lowest BCUT2D eigenvalue weighted by Gasteiger charge is -2.13. The fraction of sp³-hybridized carbons (Fsp3) is 0.600. The standard InChI is InChI=1S/C30H44N2O3/c1-3-4-5-6-7-8-9-10-11-12-13-14-15-16-22-32-23-21-29(33)30(28(32)24-31)35-25-26-17-19-27(34-2)20-18-26/h17-21,23H,3-16,22,25H2,1-2H3.